The molecule has 2 aliphatic heterocycles. The molecule has 46 heavy (non-hydrogen) atoms. The summed E-state index contributed by atoms with van der Waals surface area (Å²) in [4.78, 5) is 22.7. The highest BCUT2D eigenvalue weighted by Gasteiger charge is 2.51. The second kappa shape index (κ2) is 13.6. The van der Waals surface area contributed by atoms with Crippen LogP contribution in [0.2, 0.25) is 0 Å². The minimum absolute atomic E-state index is 0.00948. The first-order valence-electron chi connectivity index (χ1n) is 13.8. The summed E-state index contributed by atoms with van der Waals surface area (Å²) in [6.07, 6.45) is -16.4. The number of ether oxygens (including phenoxy) is 5. The van der Waals surface area contributed by atoms with E-state index in [1.165, 1.54) is 36.4 Å². The minimum Gasteiger partial charge on any atom is -0.508 e. The molecule has 9 N–H and O–H groups in total. The van der Waals surface area contributed by atoms with Gasteiger partial charge in [-0.25, -0.2) is 4.42 Å². The van der Waals surface area contributed by atoms with Gasteiger partial charge in [0.1, 0.15) is 72.3 Å². The standard InChI is InChI=1S/C29H30O17/c30-12-3-1-11(2-4-12)26-18(7-14-15(32)5-13(31)6-17(14)43-26)44-29-27(46-28-25(40)22(37)16(33)9-42-28)24(39)23(38)19(45-29)10-41-21(36)8-20(34)35/h1-7,16,19,22-25,27-29,33,37-40H,8-10H2,(H3-,30,31,32,34,35)/p+1/t16-,19?,22+,23+,24+,25?,27?,28+,29-/m1/s1. The van der Waals surface area contributed by atoms with Gasteiger partial charge in [0.15, 0.2) is 12.4 Å². The second-order valence-corrected chi connectivity index (χ2v) is 10.6. The molecule has 0 aliphatic carbocycles. The number of carboxylic acids is 1. The topological polar surface area (TPSA) is 274 Å². The predicted octanol–water partition coefficient (Wildman–Crippen LogP) is -0.835. The molecule has 2 fully saturated rings. The van der Waals surface area contributed by atoms with Crippen molar-refractivity contribution in [1.29, 1.82) is 0 Å². The Morgan fingerprint density at radius 2 is 1.59 bits per heavy atom. The van der Waals surface area contributed by atoms with E-state index in [9.17, 15) is 50.4 Å². The van der Waals surface area contributed by atoms with Gasteiger partial charge in [-0.1, -0.05) is 0 Å². The fraction of sp³-hybridized carbons (Fsp3) is 0.414. The second-order valence-electron chi connectivity index (χ2n) is 10.6. The van der Waals surface area contributed by atoms with Crippen molar-refractivity contribution < 1.29 is 83.6 Å². The number of aliphatic hydroxyl groups is 5. The molecule has 3 unspecified atom stereocenters. The van der Waals surface area contributed by atoms with Gasteiger partial charge in [-0.3, -0.25) is 9.59 Å². The lowest BCUT2D eigenvalue weighted by Crippen LogP contribution is -2.64. The van der Waals surface area contributed by atoms with Crippen LogP contribution in [0.1, 0.15) is 6.42 Å². The highest BCUT2D eigenvalue weighted by Crippen LogP contribution is 2.41. The van der Waals surface area contributed by atoms with E-state index in [1.807, 2.05) is 0 Å². The minimum atomic E-state index is -1.92. The lowest BCUT2D eigenvalue weighted by molar-refractivity contribution is -0.345. The molecule has 17 heteroatoms. The highest BCUT2D eigenvalue weighted by atomic mass is 16.8. The highest BCUT2D eigenvalue weighted by molar-refractivity contribution is 5.90. The number of hydrogen-bond acceptors (Lipinski definition) is 15. The fourth-order valence-electron chi connectivity index (χ4n) is 4.90. The Labute approximate surface area is 258 Å². The lowest BCUT2D eigenvalue weighted by atomic mass is 9.98. The van der Waals surface area contributed by atoms with Gasteiger partial charge in [-0.15, -0.1) is 0 Å². The van der Waals surface area contributed by atoms with E-state index in [1.54, 1.807) is 0 Å². The molecule has 0 saturated carbocycles. The Hall–Kier alpha value is -4.33. The molecular formula is C29H31O17+. The summed E-state index contributed by atoms with van der Waals surface area (Å²) in [6.45, 7) is -1.21. The molecule has 0 radical (unpaired) electrons. The SMILES string of the molecule is O=C(O)CC(=O)OCC1O[C@@H](Oc2cc3c(O)cc(O)cc3[o+]c2-c2ccc(O)cc2)C(O[C@@H]2OC[C@@H](O)[C@H](O)C2O)[C@@H](O)[C@H]1O. The molecule has 17 nitrogen and oxygen atoms in total. The summed E-state index contributed by atoms with van der Waals surface area (Å²) < 4.78 is 33.7. The van der Waals surface area contributed by atoms with Crippen LogP contribution < -0.4 is 4.74 Å². The number of phenolic OH excluding ortho intramolecular Hbond substituents is 3. The molecule has 1 aromatic heterocycles. The first-order chi connectivity index (χ1) is 21.8. The Morgan fingerprint density at radius 3 is 2.28 bits per heavy atom. The van der Waals surface area contributed by atoms with Crippen LogP contribution in [0.4, 0.5) is 0 Å². The zero-order chi connectivity index (χ0) is 33.3. The van der Waals surface area contributed by atoms with Crippen molar-refractivity contribution in [2.45, 2.75) is 61.7 Å². The van der Waals surface area contributed by atoms with E-state index in [0.717, 1.165) is 6.07 Å². The third kappa shape index (κ3) is 7.06. The molecule has 2 aromatic carbocycles. The van der Waals surface area contributed by atoms with Crippen LogP contribution in [0.3, 0.4) is 0 Å². The van der Waals surface area contributed by atoms with Crippen LogP contribution in [0, 0.1) is 0 Å². The smallest absolute Gasteiger partial charge is 0.402 e. The molecule has 3 aromatic rings. The number of aromatic hydroxyl groups is 3. The van der Waals surface area contributed by atoms with Crippen molar-refractivity contribution in [3.63, 3.8) is 0 Å². The number of carbonyl (C=O) groups excluding carboxylic acids is 1. The predicted molar refractivity (Wildman–Crippen MR) is 148 cm³/mol. The number of fused-ring (bicyclic) bond motifs is 1. The number of carbonyl (C=O) groups is 2. The van der Waals surface area contributed by atoms with E-state index in [2.05, 4.69) is 0 Å². The van der Waals surface area contributed by atoms with Crippen molar-refractivity contribution in [2.75, 3.05) is 13.2 Å². The van der Waals surface area contributed by atoms with E-state index in [4.69, 9.17) is 33.2 Å². The molecule has 2 aliphatic rings. The van der Waals surface area contributed by atoms with Gasteiger partial charge in [0.25, 0.3) is 0 Å². The number of aliphatic hydroxyl groups excluding tert-OH is 5. The number of hydrogen-bond donors (Lipinski definition) is 9. The monoisotopic (exact) mass is 651 g/mol. The molecule has 248 valence electrons. The van der Waals surface area contributed by atoms with Crippen molar-refractivity contribution >= 4 is 22.9 Å². The molecule has 0 bridgehead atoms. The van der Waals surface area contributed by atoms with Gasteiger partial charge in [-0.05, 0) is 24.3 Å². The number of esters is 1. The molecule has 9 atom stereocenters. The summed E-state index contributed by atoms with van der Waals surface area (Å²) in [5, 5.41) is 91.5. The van der Waals surface area contributed by atoms with Gasteiger partial charge in [0.2, 0.25) is 12.0 Å². The normalized spacial score (nSPS) is 29.7. The van der Waals surface area contributed by atoms with Gasteiger partial charge >= 0.3 is 23.3 Å². The van der Waals surface area contributed by atoms with Crippen LogP contribution >= 0.6 is 0 Å². The summed E-state index contributed by atoms with van der Waals surface area (Å²) in [5.41, 5.74) is 0.323. The van der Waals surface area contributed by atoms with E-state index in [-0.39, 0.29) is 34.0 Å². The fourth-order valence-corrected chi connectivity index (χ4v) is 4.90. The number of aliphatic carboxylic acids is 1. The van der Waals surface area contributed by atoms with Gasteiger partial charge in [-0.2, -0.15) is 0 Å². The number of phenols is 3. The quantitative estimate of drug-likeness (QED) is 0.0775. The van der Waals surface area contributed by atoms with E-state index in [0.29, 0.717) is 5.56 Å². The average Bonchev–Trinajstić information content (AvgIpc) is 3.00. The van der Waals surface area contributed by atoms with Crippen LogP contribution in [-0.4, -0.2) is 126 Å². The lowest BCUT2D eigenvalue weighted by Gasteiger charge is -2.44. The number of benzene rings is 2. The Balaban J connectivity index is 1.53. The molecule has 0 amide bonds. The van der Waals surface area contributed by atoms with Crippen molar-refractivity contribution in [1.82, 2.24) is 0 Å². The Bertz CT molecular complexity index is 1560. The van der Waals surface area contributed by atoms with Crippen molar-refractivity contribution in [2.24, 2.45) is 0 Å². The maximum atomic E-state index is 11.9. The maximum absolute atomic E-state index is 11.9. The van der Waals surface area contributed by atoms with Gasteiger partial charge in [0, 0.05) is 12.1 Å². The maximum Gasteiger partial charge on any atom is 0.402 e. The summed E-state index contributed by atoms with van der Waals surface area (Å²) >= 11 is 0. The van der Waals surface area contributed by atoms with Crippen molar-refractivity contribution in [3.05, 3.63) is 42.5 Å². The van der Waals surface area contributed by atoms with Crippen LogP contribution in [-0.2, 0) is 28.5 Å². The third-order valence-electron chi connectivity index (χ3n) is 7.28. The zero-order valence-electron chi connectivity index (χ0n) is 23.6. The first-order valence-corrected chi connectivity index (χ1v) is 13.8. The molecule has 0 spiro atoms. The Kier molecular flexibility index (Phi) is 9.75. The summed E-state index contributed by atoms with van der Waals surface area (Å²) in [6, 6.07) is 9.13. The van der Waals surface area contributed by atoms with Crippen LogP contribution in [0.25, 0.3) is 22.3 Å². The van der Waals surface area contributed by atoms with Gasteiger partial charge in [0.05, 0.1) is 18.2 Å². The first kappa shape index (κ1) is 33.0. The Morgan fingerprint density at radius 1 is 0.870 bits per heavy atom. The largest absolute Gasteiger partial charge is 0.508 e. The number of carboxylic acid groups (broad SMARTS) is 1. The summed E-state index contributed by atoms with van der Waals surface area (Å²) in [5.74, 6) is -3.67. The molecule has 2 saturated heterocycles. The molecule has 3 heterocycles. The molecular weight excluding hydrogens is 620 g/mol. The summed E-state index contributed by atoms with van der Waals surface area (Å²) in [7, 11) is 0. The van der Waals surface area contributed by atoms with E-state index < -0.39 is 92.6 Å². The van der Waals surface area contributed by atoms with Gasteiger partial charge < -0.3 is 69.6 Å². The average molecular weight is 652 g/mol. The van der Waals surface area contributed by atoms with Crippen LogP contribution in [0.15, 0.2) is 46.9 Å². The zero-order valence-corrected chi connectivity index (χ0v) is 23.6. The van der Waals surface area contributed by atoms with Crippen LogP contribution in [0.5, 0.6) is 23.0 Å². The van der Waals surface area contributed by atoms with Crippen molar-refractivity contribution in [3.8, 4) is 34.3 Å². The number of rotatable bonds is 9. The third-order valence-corrected chi connectivity index (χ3v) is 7.28. The van der Waals surface area contributed by atoms with E-state index >= 15 is 0 Å². The molecule has 5 rings (SSSR count).